The molecule has 0 atom stereocenters. The molecule has 0 unspecified atom stereocenters. The molecular formula is C18H24N6O. The fourth-order valence-electron chi connectivity index (χ4n) is 2.04. The van der Waals surface area contributed by atoms with Crippen LogP contribution in [-0.2, 0) is 11.3 Å². The number of amides is 1. The summed E-state index contributed by atoms with van der Waals surface area (Å²) in [5.74, 6) is 1.43. The number of benzene rings is 1. The SMILES string of the molecule is Cc1ccccc1/C=C/C(=O)NCc1nc(N(C)C)nc(N(C)C)n1. The smallest absolute Gasteiger partial charge is 0.244 e. The van der Waals surface area contributed by atoms with Crippen LogP contribution in [0.15, 0.2) is 30.3 Å². The molecule has 1 heterocycles. The molecule has 132 valence electrons. The molecule has 1 amide bonds. The predicted molar refractivity (Wildman–Crippen MR) is 101 cm³/mol. The van der Waals surface area contributed by atoms with E-state index in [9.17, 15) is 4.79 Å². The molecule has 0 saturated heterocycles. The van der Waals surface area contributed by atoms with Crippen LogP contribution in [0.3, 0.4) is 0 Å². The maximum absolute atomic E-state index is 12.0. The molecule has 1 aromatic heterocycles. The van der Waals surface area contributed by atoms with Crippen LogP contribution in [-0.4, -0.2) is 49.0 Å². The Balaban J connectivity index is 2.05. The Bertz CT molecular complexity index is 744. The summed E-state index contributed by atoms with van der Waals surface area (Å²) >= 11 is 0. The predicted octanol–water partition coefficient (Wildman–Crippen LogP) is 1.64. The molecule has 1 aromatic carbocycles. The number of hydrogen-bond donors (Lipinski definition) is 1. The van der Waals surface area contributed by atoms with Gasteiger partial charge in [0.05, 0.1) is 6.54 Å². The van der Waals surface area contributed by atoms with Gasteiger partial charge < -0.3 is 15.1 Å². The quantitative estimate of drug-likeness (QED) is 0.806. The number of nitrogens with zero attached hydrogens (tertiary/aromatic N) is 5. The summed E-state index contributed by atoms with van der Waals surface area (Å²) in [5.41, 5.74) is 2.14. The normalized spacial score (nSPS) is 10.8. The molecule has 0 saturated carbocycles. The van der Waals surface area contributed by atoms with E-state index in [1.54, 1.807) is 15.9 Å². The summed E-state index contributed by atoms with van der Waals surface area (Å²) in [7, 11) is 7.45. The molecule has 0 aliphatic carbocycles. The van der Waals surface area contributed by atoms with E-state index in [0.717, 1.165) is 11.1 Å². The number of anilines is 2. The second-order valence-corrected chi connectivity index (χ2v) is 6.05. The van der Waals surface area contributed by atoms with Crippen LogP contribution in [0, 0.1) is 6.92 Å². The van der Waals surface area contributed by atoms with E-state index < -0.39 is 0 Å². The molecule has 25 heavy (non-hydrogen) atoms. The van der Waals surface area contributed by atoms with Gasteiger partial charge in [-0.25, -0.2) is 0 Å². The van der Waals surface area contributed by atoms with Gasteiger partial charge in [-0.15, -0.1) is 0 Å². The second kappa shape index (κ2) is 8.23. The minimum atomic E-state index is -0.193. The van der Waals surface area contributed by atoms with Crippen molar-refractivity contribution in [1.82, 2.24) is 20.3 Å². The molecule has 7 nitrogen and oxygen atoms in total. The summed E-state index contributed by atoms with van der Waals surface area (Å²) in [5, 5.41) is 2.81. The number of rotatable bonds is 6. The average Bonchev–Trinajstić information content (AvgIpc) is 2.58. The molecule has 0 aliphatic rings. The third-order valence-corrected chi connectivity index (χ3v) is 3.48. The third kappa shape index (κ3) is 5.27. The molecule has 2 aromatic rings. The highest BCUT2D eigenvalue weighted by atomic mass is 16.1. The second-order valence-electron chi connectivity index (χ2n) is 6.05. The van der Waals surface area contributed by atoms with Crippen LogP contribution in [0.1, 0.15) is 17.0 Å². The topological polar surface area (TPSA) is 74.2 Å². The molecule has 0 spiro atoms. The van der Waals surface area contributed by atoms with Crippen molar-refractivity contribution in [3.8, 4) is 0 Å². The highest BCUT2D eigenvalue weighted by Crippen LogP contribution is 2.11. The minimum absolute atomic E-state index is 0.193. The molecule has 2 rings (SSSR count). The van der Waals surface area contributed by atoms with Crippen molar-refractivity contribution in [1.29, 1.82) is 0 Å². The van der Waals surface area contributed by atoms with Crippen LogP contribution in [0.5, 0.6) is 0 Å². The van der Waals surface area contributed by atoms with Crippen LogP contribution in [0.25, 0.3) is 6.08 Å². The molecule has 0 aliphatic heterocycles. The van der Waals surface area contributed by atoms with E-state index in [4.69, 9.17) is 0 Å². The van der Waals surface area contributed by atoms with Gasteiger partial charge in [-0.05, 0) is 24.1 Å². The average molecular weight is 340 g/mol. The zero-order valence-electron chi connectivity index (χ0n) is 15.3. The number of nitrogens with one attached hydrogen (secondary N) is 1. The maximum Gasteiger partial charge on any atom is 0.244 e. The van der Waals surface area contributed by atoms with Gasteiger partial charge in [0.15, 0.2) is 5.82 Å². The zero-order valence-corrected chi connectivity index (χ0v) is 15.3. The first-order valence-electron chi connectivity index (χ1n) is 7.98. The van der Waals surface area contributed by atoms with Crippen molar-refractivity contribution in [2.75, 3.05) is 38.0 Å². The Morgan fingerprint density at radius 2 is 1.64 bits per heavy atom. The molecule has 1 N–H and O–H groups in total. The summed E-state index contributed by atoms with van der Waals surface area (Å²) in [6.45, 7) is 2.25. The summed E-state index contributed by atoms with van der Waals surface area (Å²) in [4.78, 5) is 28.7. The van der Waals surface area contributed by atoms with E-state index in [1.807, 2.05) is 59.4 Å². The lowest BCUT2D eigenvalue weighted by Gasteiger charge is -2.16. The van der Waals surface area contributed by atoms with Crippen molar-refractivity contribution in [3.05, 3.63) is 47.3 Å². The van der Waals surface area contributed by atoms with E-state index in [-0.39, 0.29) is 12.5 Å². The van der Waals surface area contributed by atoms with E-state index in [1.165, 1.54) is 6.08 Å². The minimum Gasteiger partial charge on any atom is -0.347 e. The van der Waals surface area contributed by atoms with Gasteiger partial charge in [0.1, 0.15) is 0 Å². The fraction of sp³-hybridized carbons (Fsp3) is 0.333. The first-order valence-corrected chi connectivity index (χ1v) is 7.98. The van der Waals surface area contributed by atoms with Gasteiger partial charge in [-0.2, -0.15) is 15.0 Å². The molecular weight excluding hydrogens is 316 g/mol. The first kappa shape index (κ1) is 18.4. The molecule has 7 heteroatoms. The van der Waals surface area contributed by atoms with Gasteiger partial charge in [0.2, 0.25) is 17.8 Å². The van der Waals surface area contributed by atoms with Crippen molar-refractivity contribution < 1.29 is 4.79 Å². The highest BCUT2D eigenvalue weighted by molar-refractivity contribution is 5.91. The van der Waals surface area contributed by atoms with Crippen molar-refractivity contribution >= 4 is 23.9 Å². The molecule has 0 radical (unpaired) electrons. The van der Waals surface area contributed by atoms with Gasteiger partial charge in [-0.3, -0.25) is 4.79 Å². The van der Waals surface area contributed by atoms with Crippen LogP contribution in [0.4, 0.5) is 11.9 Å². The number of carbonyl (C=O) groups excluding carboxylic acids is 1. The standard InChI is InChI=1S/C18H24N6O/c1-13-8-6-7-9-14(13)10-11-16(25)19-12-15-20-17(23(2)3)22-18(21-15)24(4)5/h6-11H,12H2,1-5H3,(H,19,25)/b11-10+. The van der Waals surface area contributed by atoms with Crippen LogP contribution >= 0.6 is 0 Å². The van der Waals surface area contributed by atoms with Gasteiger partial charge in [-0.1, -0.05) is 24.3 Å². The number of aromatic nitrogens is 3. The Morgan fingerprint density at radius 3 is 2.20 bits per heavy atom. The Hall–Kier alpha value is -2.96. The number of carbonyl (C=O) groups is 1. The van der Waals surface area contributed by atoms with E-state index >= 15 is 0 Å². The van der Waals surface area contributed by atoms with E-state index in [2.05, 4.69) is 20.3 Å². The monoisotopic (exact) mass is 340 g/mol. The van der Waals surface area contributed by atoms with E-state index in [0.29, 0.717) is 17.7 Å². The number of hydrogen-bond acceptors (Lipinski definition) is 6. The molecule has 0 fully saturated rings. The lowest BCUT2D eigenvalue weighted by Crippen LogP contribution is -2.25. The van der Waals surface area contributed by atoms with Gasteiger partial charge >= 0.3 is 0 Å². The summed E-state index contributed by atoms with van der Waals surface area (Å²) in [6.07, 6.45) is 3.32. The van der Waals surface area contributed by atoms with Crippen molar-refractivity contribution in [2.24, 2.45) is 0 Å². The molecule has 0 bridgehead atoms. The zero-order chi connectivity index (χ0) is 18.4. The number of aryl methyl sites for hydroxylation is 1. The highest BCUT2D eigenvalue weighted by Gasteiger charge is 2.10. The third-order valence-electron chi connectivity index (χ3n) is 3.48. The van der Waals surface area contributed by atoms with Crippen molar-refractivity contribution in [3.63, 3.8) is 0 Å². The Kier molecular flexibility index (Phi) is 6.05. The lowest BCUT2D eigenvalue weighted by molar-refractivity contribution is -0.116. The van der Waals surface area contributed by atoms with Gasteiger partial charge in [0, 0.05) is 34.3 Å². The maximum atomic E-state index is 12.0. The largest absolute Gasteiger partial charge is 0.347 e. The van der Waals surface area contributed by atoms with Crippen molar-refractivity contribution in [2.45, 2.75) is 13.5 Å². The Labute approximate surface area is 148 Å². The lowest BCUT2D eigenvalue weighted by atomic mass is 10.1. The Morgan fingerprint density at radius 1 is 1.04 bits per heavy atom. The van der Waals surface area contributed by atoms with Crippen LogP contribution in [0.2, 0.25) is 0 Å². The van der Waals surface area contributed by atoms with Gasteiger partial charge in [0.25, 0.3) is 0 Å². The van der Waals surface area contributed by atoms with Crippen LogP contribution < -0.4 is 15.1 Å². The first-order chi connectivity index (χ1) is 11.9. The summed E-state index contributed by atoms with van der Waals surface area (Å²) < 4.78 is 0. The fourth-order valence-corrected chi connectivity index (χ4v) is 2.04. The summed E-state index contributed by atoms with van der Waals surface area (Å²) in [6, 6.07) is 7.89.